The zero-order valence-corrected chi connectivity index (χ0v) is 18.0. The van der Waals surface area contributed by atoms with Crippen LogP contribution in [0.2, 0.25) is 0 Å². The Bertz CT molecular complexity index is 1130. The van der Waals surface area contributed by atoms with Crippen LogP contribution in [0.1, 0.15) is 35.0 Å². The smallest absolute Gasteiger partial charge is 0.493 e. The van der Waals surface area contributed by atoms with Crippen molar-refractivity contribution in [2.75, 3.05) is 19.5 Å². The molecule has 180 valence electrons. The van der Waals surface area contributed by atoms with E-state index < -0.39 is 42.2 Å². The van der Waals surface area contributed by atoms with Crippen LogP contribution in [-0.4, -0.2) is 49.3 Å². The Morgan fingerprint density at radius 3 is 2.41 bits per heavy atom. The van der Waals surface area contributed by atoms with Crippen molar-refractivity contribution in [3.8, 4) is 17.2 Å². The third-order valence-corrected chi connectivity index (χ3v) is 5.43. The Hall–Kier alpha value is -3.96. The fraction of sp³-hybridized carbons (Fsp3) is 0.318. The monoisotopic (exact) mass is 480 g/mol. The third-order valence-electron chi connectivity index (χ3n) is 5.43. The summed E-state index contributed by atoms with van der Waals surface area (Å²) >= 11 is 0. The first-order valence-corrected chi connectivity index (χ1v) is 10.1. The molecule has 2 aliphatic rings. The molecule has 0 bridgehead atoms. The summed E-state index contributed by atoms with van der Waals surface area (Å²) in [5, 5.41) is 2.57. The Morgan fingerprint density at radius 1 is 1.09 bits per heavy atom. The van der Waals surface area contributed by atoms with E-state index in [0.717, 1.165) is 12.1 Å². The molecule has 1 saturated heterocycles. The lowest BCUT2D eigenvalue weighted by Gasteiger charge is -2.29. The molecule has 34 heavy (non-hydrogen) atoms. The largest absolute Gasteiger partial charge is 0.573 e. The number of nitrogens with one attached hydrogen (secondary N) is 1. The normalized spacial score (nSPS) is 19.5. The van der Waals surface area contributed by atoms with Gasteiger partial charge in [0.05, 0.1) is 14.2 Å². The number of cyclic esters (lactones) is 1. The molecule has 0 spiro atoms. The molecule has 1 fully saturated rings. The van der Waals surface area contributed by atoms with E-state index in [4.69, 9.17) is 14.2 Å². The van der Waals surface area contributed by atoms with Crippen LogP contribution >= 0.6 is 0 Å². The average molecular weight is 480 g/mol. The predicted molar refractivity (Wildman–Crippen MR) is 109 cm³/mol. The molecule has 0 aromatic heterocycles. The van der Waals surface area contributed by atoms with Crippen molar-refractivity contribution in [3.63, 3.8) is 0 Å². The number of alkyl halides is 3. The number of amides is 2. The molecule has 2 atom stereocenters. The maximum Gasteiger partial charge on any atom is 0.573 e. The molecule has 0 aliphatic carbocycles. The molecule has 0 saturated carbocycles. The first-order valence-electron chi connectivity index (χ1n) is 10.1. The van der Waals surface area contributed by atoms with E-state index in [9.17, 15) is 27.6 Å². The van der Waals surface area contributed by atoms with E-state index in [1.165, 1.54) is 31.3 Å². The Labute approximate surface area is 191 Å². The second-order valence-electron chi connectivity index (χ2n) is 7.44. The highest BCUT2D eigenvalue weighted by atomic mass is 19.4. The number of likely N-dealkylation sites (tertiary alicyclic amines) is 1. The standard InChI is InChI=1S/C22H19F3N2O7/c1-31-15-9-7-13-17(18(15)32-2)21(30)33-20(13)27-14(8-10-16(27)28)19(29)26-11-3-5-12(6-4-11)34-22(23,24)25/h3-7,9,14,20H,8,10H2,1-2H3,(H,26,29)/t14-,20?/m0/s1. The van der Waals surface area contributed by atoms with Gasteiger partial charge in [-0.3, -0.25) is 14.5 Å². The highest BCUT2D eigenvalue weighted by Gasteiger charge is 2.47. The van der Waals surface area contributed by atoms with E-state index >= 15 is 0 Å². The van der Waals surface area contributed by atoms with Crippen LogP contribution in [-0.2, 0) is 14.3 Å². The van der Waals surface area contributed by atoms with Crippen LogP contribution < -0.4 is 19.5 Å². The number of hydrogen-bond donors (Lipinski definition) is 1. The molecule has 0 radical (unpaired) electrons. The molecule has 1 unspecified atom stereocenters. The molecule has 2 aromatic rings. The average Bonchev–Trinajstić information content (AvgIpc) is 3.33. The Kier molecular flexibility index (Phi) is 5.98. The molecule has 2 heterocycles. The molecule has 2 aliphatic heterocycles. The van der Waals surface area contributed by atoms with Gasteiger partial charge in [0.15, 0.2) is 11.5 Å². The highest BCUT2D eigenvalue weighted by molar-refractivity contribution is 6.01. The topological polar surface area (TPSA) is 103 Å². The molecule has 9 nitrogen and oxygen atoms in total. The maximum absolute atomic E-state index is 13.0. The number of anilines is 1. The lowest BCUT2D eigenvalue weighted by molar-refractivity contribution is -0.274. The van der Waals surface area contributed by atoms with Crippen LogP contribution in [0.4, 0.5) is 18.9 Å². The minimum Gasteiger partial charge on any atom is -0.493 e. The minimum absolute atomic E-state index is 0.0487. The van der Waals surface area contributed by atoms with Gasteiger partial charge in [0.2, 0.25) is 18.0 Å². The van der Waals surface area contributed by atoms with Gasteiger partial charge >= 0.3 is 12.3 Å². The van der Waals surface area contributed by atoms with Crippen LogP contribution in [0, 0.1) is 0 Å². The van der Waals surface area contributed by atoms with E-state index in [-0.39, 0.29) is 29.8 Å². The van der Waals surface area contributed by atoms with Crippen molar-refractivity contribution in [2.45, 2.75) is 31.5 Å². The summed E-state index contributed by atoms with van der Waals surface area (Å²) in [6.45, 7) is 0. The minimum atomic E-state index is -4.84. The third kappa shape index (κ3) is 4.30. The van der Waals surface area contributed by atoms with Crippen LogP contribution in [0.25, 0.3) is 0 Å². The molecule has 1 N–H and O–H groups in total. The number of halogens is 3. The number of nitrogens with zero attached hydrogens (tertiary/aromatic N) is 1. The van der Waals surface area contributed by atoms with Crippen LogP contribution in [0.5, 0.6) is 17.2 Å². The number of ether oxygens (including phenoxy) is 4. The van der Waals surface area contributed by atoms with Gasteiger partial charge in [0, 0.05) is 17.7 Å². The number of fused-ring (bicyclic) bond motifs is 1. The van der Waals surface area contributed by atoms with Crippen LogP contribution in [0.15, 0.2) is 36.4 Å². The van der Waals surface area contributed by atoms with Gasteiger partial charge in [-0.25, -0.2) is 4.79 Å². The highest BCUT2D eigenvalue weighted by Crippen LogP contribution is 2.45. The maximum atomic E-state index is 13.0. The number of esters is 1. The van der Waals surface area contributed by atoms with Crippen molar-refractivity contribution in [1.82, 2.24) is 4.90 Å². The zero-order chi connectivity index (χ0) is 24.6. The van der Waals surface area contributed by atoms with Gasteiger partial charge in [-0.1, -0.05) is 0 Å². The number of methoxy groups -OCH3 is 2. The van der Waals surface area contributed by atoms with Crippen molar-refractivity contribution in [2.24, 2.45) is 0 Å². The molecular formula is C22H19F3N2O7. The zero-order valence-electron chi connectivity index (χ0n) is 18.0. The first kappa shape index (κ1) is 23.2. The van der Waals surface area contributed by atoms with Gasteiger partial charge in [-0.2, -0.15) is 0 Å². The number of rotatable bonds is 6. The van der Waals surface area contributed by atoms with Crippen molar-refractivity contribution >= 4 is 23.5 Å². The molecule has 4 rings (SSSR count). The number of hydrogen-bond acceptors (Lipinski definition) is 7. The number of carbonyl (C=O) groups is 3. The summed E-state index contributed by atoms with van der Waals surface area (Å²) in [5.41, 5.74) is 0.657. The number of benzene rings is 2. The lowest BCUT2D eigenvalue weighted by Crippen LogP contribution is -2.43. The molecule has 12 heteroatoms. The quantitative estimate of drug-likeness (QED) is 0.632. The van der Waals surface area contributed by atoms with E-state index in [2.05, 4.69) is 10.1 Å². The predicted octanol–water partition coefficient (Wildman–Crippen LogP) is 3.40. The fourth-order valence-corrected chi connectivity index (χ4v) is 4.01. The summed E-state index contributed by atoms with van der Waals surface area (Å²) in [5.74, 6) is -1.69. The van der Waals surface area contributed by atoms with Gasteiger partial charge in [-0.15, -0.1) is 13.2 Å². The van der Waals surface area contributed by atoms with Gasteiger partial charge in [0.1, 0.15) is 17.4 Å². The summed E-state index contributed by atoms with van der Waals surface area (Å²) in [7, 11) is 2.77. The number of carbonyl (C=O) groups excluding carboxylic acids is 3. The van der Waals surface area contributed by atoms with Gasteiger partial charge < -0.3 is 24.3 Å². The van der Waals surface area contributed by atoms with E-state index in [0.29, 0.717) is 11.3 Å². The van der Waals surface area contributed by atoms with E-state index in [1.54, 1.807) is 12.1 Å². The summed E-state index contributed by atoms with van der Waals surface area (Å²) in [4.78, 5) is 39.4. The van der Waals surface area contributed by atoms with Gasteiger partial charge in [-0.05, 0) is 42.8 Å². The van der Waals surface area contributed by atoms with E-state index in [1.807, 2.05) is 0 Å². The summed E-state index contributed by atoms with van der Waals surface area (Å²) in [6.07, 6.45) is -5.77. The summed E-state index contributed by atoms with van der Waals surface area (Å²) < 4.78 is 56.7. The SMILES string of the molecule is COc1ccc2c(c1OC)C(=O)OC2N1C(=O)CC[C@H]1C(=O)Nc1ccc(OC(F)(F)F)cc1. The van der Waals surface area contributed by atoms with Gasteiger partial charge in [0.25, 0.3) is 0 Å². The Morgan fingerprint density at radius 2 is 1.79 bits per heavy atom. The lowest BCUT2D eigenvalue weighted by atomic mass is 10.1. The molecule has 2 aromatic carbocycles. The fourth-order valence-electron chi connectivity index (χ4n) is 4.01. The van der Waals surface area contributed by atoms with Crippen LogP contribution in [0.3, 0.4) is 0 Å². The summed E-state index contributed by atoms with van der Waals surface area (Å²) in [6, 6.07) is 6.73. The second-order valence-corrected chi connectivity index (χ2v) is 7.44. The van der Waals surface area contributed by atoms with Crippen molar-refractivity contribution in [1.29, 1.82) is 0 Å². The first-order chi connectivity index (χ1) is 16.1. The van der Waals surface area contributed by atoms with Crippen molar-refractivity contribution < 1.29 is 46.5 Å². The second kappa shape index (κ2) is 8.76. The van der Waals surface area contributed by atoms with Crippen molar-refractivity contribution in [3.05, 3.63) is 47.5 Å². The Balaban J connectivity index is 1.56. The molecular weight excluding hydrogens is 461 g/mol. The molecule has 2 amide bonds.